The van der Waals surface area contributed by atoms with Crippen molar-refractivity contribution < 1.29 is 24.0 Å². The lowest BCUT2D eigenvalue weighted by Crippen LogP contribution is -2.12. The molecule has 0 aliphatic heterocycles. The van der Waals surface area contributed by atoms with Crippen LogP contribution in [-0.2, 0) is 16.5 Å². The van der Waals surface area contributed by atoms with Gasteiger partial charge in [0.2, 0.25) is 11.4 Å². The van der Waals surface area contributed by atoms with Crippen LogP contribution < -0.4 is 0 Å². The van der Waals surface area contributed by atoms with E-state index in [1.165, 1.54) is 7.05 Å². The monoisotopic (exact) mass is 271 g/mol. The fourth-order valence-electron chi connectivity index (χ4n) is 1.45. The molecule has 0 aliphatic rings. The maximum absolute atomic E-state index is 11.6. The summed E-state index contributed by atoms with van der Waals surface area (Å²) in [7, 11) is 1.31. The molecule has 0 N–H and O–H groups in total. The number of rotatable bonds is 5. The molecule has 0 unspecified atom stereocenters. The largest absolute Gasteiger partial charge is 0.461 e. The molecule has 1 rings (SSSR count). The molecule has 1 aromatic heterocycles. The van der Waals surface area contributed by atoms with Crippen molar-refractivity contribution in [3.05, 3.63) is 21.5 Å². The van der Waals surface area contributed by atoms with Crippen LogP contribution in [0.2, 0.25) is 0 Å². The number of aromatic nitrogens is 2. The number of nitro groups is 1. The van der Waals surface area contributed by atoms with Crippen molar-refractivity contribution in [1.82, 2.24) is 9.78 Å². The van der Waals surface area contributed by atoms with Gasteiger partial charge in [-0.2, -0.15) is 5.10 Å². The summed E-state index contributed by atoms with van der Waals surface area (Å²) in [6.45, 7) is 3.21. The van der Waals surface area contributed by atoms with Crippen LogP contribution >= 0.6 is 0 Å². The van der Waals surface area contributed by atoms with Gasteiger partial charge < -0.3 is 9.47 Å². The van der Waals surface area contributed by atoms with Gasteiger partial charge in [-0.15, -0.1) is 0 Å². The van der Waals surface area contributed by atoms with E-state index in [-0.39, 0.29) is 13.2 Å². The van der Waals surface area contributed by atoms with E-state index >= 15 is 0 Å². The third kappa shape index (κ3) is 2.87. The molecule has 0 saturated heterocycles. The zero-order valence-corrected chi connectivity index (χ0v) is 10.7. The maximum Gasteiger partial charge on any atom is 0.366 e. The first-order valence-corrected chi connectivity index (χ1v) is 5.49. The fourth-order valence-corrected chi connectivity index (χ4v) is 1.45. The fraction of sp³-hybridized carbons (Fsp3) is 0.500. The summed E-state index contributed by atoms with van der Waals surface area (Å²) >= 11 is 0. The number of esters is 2. The number of carbonyl (C=O) groups is 2. The molecule has 0 bridgehead atoms. The average molecular weight is 271 g/mol. The van der Waals surface area contributed by atoms with Crippen LogP contribution in [0.1, 0.15) is 34.8 Å². The molecule has 0 aliphatic carbocycles. The minimum atomic E-state index is -0.958. The molecule has 9 nitrogen and oxygen atoms in total. The van der Waals surface area contributed by atoms with Gasteiger partial charge in [0.15, 0.2) is 0 Å². The quantitative estimate of drug-likeness (QED) is 0.439. The van der Waals surface area contributed by atoms with Gasteiger partial charge in [-0.3, -0.25) is 14.8 Å². The Hall–Kier alpha value is -2.45. The molecule has 0 amide bonds. The molecule has 0 spiro atoms. The van der Waals surface area contributed by atoms with Crippen molar-refractivity contribution in [3.8, 4) is 0 Å². The maximum atomic E-state index is 11.6. The van der Waals surface area contributed by atoms with E-state index < -0.39 is 33.9 Å². The van der Waals surface area contributed by atoms with Gasteiger partial charge in [0.1, 0.15) is 0 Å². The van der Waals surface area contributed by atoms with Crippen molar-refractivity contribution in [3.63, 3.8) is 0 Å². The van der Waals surface area contributed by atoms with Crippen molar-refractivity contribution in [2.45, 2.75) is 13.8 Å². The lowest BCUT2D eigenvalue weighted by Gasteiger charge is -2.00. The Labute approximate surface area is 108 Å². The van der Waals surface area contributed by atoms with Crippen LogP contribution in [0.5, 0.6) is 0 Å². The Balaban J connectivity index is 3.36. The SMILES string of the molecule is CCOC(=O)c1nn(C)c(C(=O)OCC)c1[N+](=O)[O-]. The molecular weight excluding hydrogens is 258 g/mol. The molecule has 1 heterocycles. The van der Waals surface area contributed by atoms with E-state index in [4.69, 9.17) is 4.74 Å². The van der Waals surface area contributed by atoms with E-state index in [2.05, 4.69) is 9.84 Å². The number of hydrogen-bond donors (Lipinski definition) is 0. The van der Waals surface area contributed by atoms with Gasteiger partial charge in [0.05, 0.1) is 18.1 Å². The van der Waals surface area contributed by atoms with E-state index in [1.807, 2.05) is 0 Å². The summed E-state index contributed by atoms with van der Waals surface area (Å²) in [4.78, 5) is 33.4. The lowest BCUT2D eigenvalue weighted by molar-refractivity contribution is -0.385. The third-order valence-corrected chi connectivity index (χ3v) is 2.14. The van der Waals surface area contributed by atoms with Crippen LogP contribution in [0, 0.1) is 10.1 Å². The highest BCUT2D eigenvalue weighted by molar-refractivity contribution is 6.00. The molecule has 0 radical (unpaired) electrons. The summed E-state index contributed by atoms with van der Waals surface area (Å²) in [6.07, 6.45) is 0. The summed E-state index contributed by atoms with van der Waals surface area (Å²) < 4.78 is 10.3. The first kappa shape index (κ1) is 14.6. The van der Waals surface area contributed by atoms with Crippen LogP contribution in [0.15, 0.2) is 0 Å². The zero-order valence-electron chi connectivity index (χ0n) is 10.7. The second-order valence-corrected chi connectivity index (χ2v) is 3.37. The van der Waals surface area contributed by atoms with Gasteiger partial charge in [0.25, 0.3) is 0 Å². The standard InChI is InChI=1S/C10H13N3O6/c1-4-18-9(14)6-7(13(16)17)8(12(3)11-6)10(15)19-5-2/h4-5H2,1-3H3. The average Bonchev–Trinajstić information content (AvgIpc) is 2.67. The van der Waals surface area contributed by atoms with Crippen molar-refractivity contribution in [2.24, 2.45) is 7.05 Å². The number of carbonyl (C=O) groups excluding carboxylic acids is 2. The van der Waals surface area contributed by atoms with Gasteiger partial charge in [-0.25, -0.2) is 9.59 Å². The van der Waals surface area contributed by atoms with Crippen molar-refractivity contribution in [1.29, 1.82) is 0 Å². The second-order valence-electron chi connectivity index (χ2n) is 3.37. The van der Waals surface area contributed by atoms with Crippen molar-refractivity contribution >= 4 is 17.6 Å². The van der Waals surface area contributed by atoms with Crippen LogP contribution in [0.25, 0.3) is 0 Å². The second kappa shape index (κ2) is 5.94. The Kier molecular flexibility index (Phi) is 4.56. The molecule has 104 valence electrons. The number of aryl methyl sites for hydroxylation is 1. The highest BCUT2D eigenvalue weighted by Crippen LogP contribution is 2.24. The normalized spacial score (nSPS) is 10.1. The molecule has 9 heteroatoms. The highest BCUT2D eigenvalue weighted by atomic mass is 16.6. The first-order chi connectivity index (χ1) is 8.93. The molecule has 19 heavy (non-hydrogen) atoms. The topological polar surface area (TPSA) is 114 Å². The van der Waals surface area contributed by atoms with Gasteiger partial charge >= 0.3 is 17.6 Å². The minimum Gasteiger partial charge on any atom is -0.461 e. The van der Waals surface area contributed by atoms with E-state index in [0.29, 0.717) is 0 Å². The molecule has 0 atom stereocenters. The Morgan fingerprint density at radius 1 is 1.26 bits per heavy atom. The third-order valence-electron chi connectivity index (χ3n) is 2.14. The predicted molar refractivity (Wildman–Crippen MR) is 61.8 cm³/mol. The molecule has 1 aromatic rings. The summed E-state index contributed by atoms with van der Waals surface area (Å²) in [5.74, 6) is -1.87. The van der Waals surface area contributed by atoms with Gasteiger partial charge in [-0.05, 0) is 13.8 Å². The van der Waals surface area contributed by atoms with Crippen LogP contribution in [0.3, 0.4) is 0 Å². The molecule has 0 fully saturated rings. The van der Waals surface area contributed by atoms with E-state index in [0.717, 1.165) is 4.68 Å². The predicted octanol–water partition coefficient (Wildman–Crippen LogP) is 0.682. The summed E-state index contributed by atoms with van der Waals surface area (Å²) in [6, 6.07) is 0. The first-order valence-electron chi connectivity index (χ1n) is 5.49. The smallest absolute Gasteiger partial charge is 0.366 e. The van der Waals surface area contributed by atoms with Gasteiger partial charge in [0, 0.05) is 7.05 Å². The number of nitrogens with zero attached hydrogens (tertiary/aromatic N) is 3. The summed E-state index contributed by atoms with van der Waals surface area (Å²) in [5.41, 5.74) is -1.62. The Morgan fingerprint density at radius 3 is 2.26 bits per heavy atom. The number of ether oxygens (including phenoxy) is 2. The lowest BCUT2D eigenvalue weighted by atomic mass is 10.3. The van der Waals surface area contributed by atoms with E-state index in [9.17, 15) is 19.7 Å². The molecular formula is C10H13N3O6. The van der Waals surface area contributed by atoms with Crippen molar-refractivity contribution in [2.75, 3.05) is 13.2 Å². The zero-order chi connectivity index (χ0) is 14.6. The molecule has 0 aromatic carbocycles. The Bertz CT molecular complexity index is 522. The minimum absolute atomic E-state index is 0.0430. The van der Waals surface area contributed by atoms with Gasteiger partial charge in [-0.1, -0.05) is 0 Å². The number of hydrogen-bond acceptors (Lipinski definition) is 7. The van der Waals surface area contributed by atoms with Crippen LogP contribution in [0.4, 0.5) is 5.69 Å². The molecule has 0 saturated carbocycles. The highest BCUT2D eigenvalue weighted by Gasteiger charge is 2.36. The Morgan fingerprint density at radius 2 is 1.79 bits per heavy atom. The van der Waals surface area contributed by atoms with E-state index in [1.54, 1.807) is 13.8 Å². The summed E-state index contributed by atoms with van der Waals surface area (Å²) in [5, 5.41) is 14.7. The van der Waals surface area contributed by atoms with Crippen LogP contribution in [-0.4, -0.2) is 39.9 Å².